The van der Waals surface area contributed by atoms with Crippen molar-refractivity contribution in [3.05, 3.63) is 77.4 Å². The van der Waals surface area contributed by atoms with Gasteiger partial charge < -0.3 is 24.8 Å². The number of hydrogen-bond acceptors (Lipinski definition) is 0. The van der Waals surface area contributed by atoms with E-state index in [1.807, 2.05) is 0 Å². The van der Waals surface area contributed by atoms with Crippen LogP contribution in [0.15, 0.2) is 54.6 Å². The summed E-state index contributed by atoms with van der Waals surface area (Å²) in [6.07, 6.45) is 8.60. The Labute approximate surface area is 172 Å². The first kappa shape index (κ1) is 21.6. The number of rotatable bonds is 1. The normalized spacial score (nSPS) is 12.8. The van der Waals surface area contributed by atoms with Gasteiger partial charge in [0.2, 0.25) is 0 Å². The molecule has 2 aromatic rings. The van der Waals surface area contributed by atoms with Crippen molar-refractivity contribution in [1.29, 1.82) is 0 Å². The minimum Gasteiger partial charge on any atom is -1.00 e. The standard InChI is InChI=1S/C18H13.C2H6Si.2ClH.Zr/c1-2-6-13(5-1)14-9-10-18-16(11-14)12-15-7-3-4-8-17(15)18;1-3-2;;;/h1-5,7-10H,6,12H2;1-2H3;2*1H;/q-1;;;;+2/p-2. The smallest absolute Gasteiger partial charge is 0.0195 e. The molecule has 0 heterocycles. The van der Waals surface area contributed by atoms with Gasteiger partial charge in [0.15, 0.2) is 0 Å². The van der Waals surface area contributed by atoms with E-state index in [0.29, 0.717) is 0 Å². The van der Waals surface area contributed by atoms with Gasteiger partial charge in [0, 0.05) is 0 Å². The topological polar surface area (TPSA) is 0 Å². The third kappa shape index (κ3) is 5.05. The number of fused-ring (bicyclic) bond motifs is 3. The molecule has 0 fully saturated rings. The summed E-state index contributed by atoms with van der Waals surface area (Å²) in [6.45, 7) is 4.62. The molecule has 0 amide bonds. The maximum atomic E-state index is 3.61. The number of allylic oxidation sites excluding steroid dienone is 4. The Morgan fingerprint density at radius 2 is 1.71 bits per heavy atom. The van der Waals surface area contributed by atoms with Crippen molar-refractivity contribution in [2.45, 2.75) is 25.9 Å². The first-order chi connectivity index (χ1) is 10.6. The van der Waals surface area contributed by atoms with E-state index in [1.54, 1.807) is 23.3 Å². The summed E-state index contributed by atoms with van der Waals surface area (Å²) in [7, 11) is 0. The number of hydrogen-bond donors (Lipinski definition) is 0. The van der Waals surface area contributed by atoms with Crippen molar-refractivity contribution in [1.82, 2.24) is 0 Å². The molecule has 0 saturated carbocycles. The van der Waals surface area contributed by atoms with Crippen LogP contribution in [0.25, 0.3) is 16.7 Å². The van der Waals surface area contributed by atoms with Crippen LogP contribution in [0.2, 0.25) is 13.1 Å². The molecule has 2 aliphatic carbocycles. The Balaban J connectivity index is 0.000000438. The van der Waals surface area contributed by atoms with Crippen molar-refractivity contribution in [2.24, 2.45) is 0 Å². The molecule has 4 rings (SSSR count). The van der Waals surface area contributed by atoms with Gasteiger partial charge in [-0.1, -0.05) is 47.5 Å². The summed E-state index contributed by atoms with van der Waals surface area (Å²) in [5.74, 6) is 0. The van der Waals surface area contributed by atoms with Crippen LogP contribution in [0.1, 0.15) is 23.1 Å². The van der Waals surface area contributed by atoms with Crippen molar-refractivity contribution in [3.63, 3.8) is 0 Å². The average Bonchev–Trinajstić information content (AvgIpc) is 3.13. The minimum absolute atomic E-state index is 0. The third-order valence-electron chi connectivity index (χ3n) is 3.82. The molecule has 0 aliphatic heterocycles. The van der Waals surface area contributed by atoms with Crippen LogP contribution in [-0.4, -0.2) is 5.43 Å². The van der Waals surface area contributed by atoms with Crippen LogP contribution in [0.5, 0.6) is 0 Å². The second-order valence-electron chi connectivity index (χ2n) is 5.92. The van der Waals surface area contributed by atoms with E-state index in [-0.39, 0.29) is 30.2 Å². The minimum atomic E-state index is 0. The molecule has 0 spiro atoms. The summed E-state index contributed by atoms with van der Waals surface area (Å²) >= 11 is 1.74. The van der Waals surface area contributed by atoms with Crippen LogP contribution < -0.4 is 24.8 Å². The van der Waals surface area contributed by atoms with E-state index in [9.17, 15) is 0 Å². The maximum Gasteiger partial charge on any atom is -0.0195 e. The molecule has 0 radical (unpaired) electrons. The molecule has 0 bridgehead atoms. The number of benzene rings is 2. The van der Waals surface area contributed by atoms with E-state index >= 15 is 0 Å². The molecule has 0 saturated heterocycles. The Kier molecular flexibility index (Phi) is 8.95. The Morgan fingerprint density at radius 1 is 1.00 bits per heavy atom. The van der Waals surface area contributed by atoms with Crippen LogP contribution in [0.4, 0.5) is 0 Å². The Bertz CT molecular complexity index is 790. The van der Waals surface area contributed by atoms with E-state index in [4.69, 9.17) is 0 Å². The second-order valence-corrected chi connectivity index (χ2v) is 15.3. The van der Waals surface area contributed by atoms with Crippen molar-refractivity contribution >= 4 is 11.0 Å². The zero-order chi connectivity index (χ0) is 15.5. The summed E-state index contributed by atoms with van der Waals surface area (Å²) < 4.78 is 0. The van der Waals surface area contributed by atoms with Crippen molar-refractivity contribution in [2.75, 3.05) is 0 Å². The second kappa shape index (κ2) is 9.92. The molecule has 0 atom stereocenters. The molecular formula is C20H19Cl2SiZr-. The fourth-order valence-electron chi connectivity index (χ4n) is 2.89. The van der Waals surface area contributed by atoms with Gasteiger partial charge in [0.25, 0.3) is 0 Å². The molecule has 0 nitrogen and oxygen atoms in total. The fraction of sp³-hybridized carbons (Fsp3) is 0.200. The van der Waals surface area contributed by atoms with Gasteiger partial charge in [-0.05, 0) is 18.4 Å². The van der Waals surface area contributed by atoms with Crippen LogP contribution >= 0.6 is 0 Å². The van der Waals surface area contributed by atoms with Crippen molar-refractivity contribution in [3.8, 4) is 11.1 Å². The monoisotopic (exact) mass is 447 g/mol. The summed E-state index contributed by atoms with van der Waals surface area (Å²) in [4.78, 5) is 0. The Morgan fingerprint density at radius 3 is 2.38 bits per heavy atom. The largest absolute Gasteiger partial charge is 1.00 e. The molecule has 2 aliphatic rings. The molecule has 0 aromatic heterocycles. The summed E-state index contributed by atoms with van der Waals surface area (Å²) in [5, 5.41) is 0. The van der Waals surface area contributed by atoms with Gasteiger partial charge in [-0.2, -0.15) is 0 Å². The molecule has 4 heteroatoms. The van der Waals surface area contributed by atoms with E-state index < -0.39 is 0 Å². The first-order valence-electron chi connectivity index (χ1n) is 7.66. The Hall–Kier alpha value is -0.400. The molecule has 24 heavy (non-hydrogen) atoms. The van der Waals surface area contributed by atoms with Crippen LogP contribution in [0, 0.1) is 6.07 Å². The molecule has 0 N–H and O–H groups in total. The number of halogens is 2. The first-order valence-corrected chi connectivity index (χ1v) is 13.8. The summed E-state index contributed by atoms with van der Waals surface area (Å²) in [6, 6.07) is 16.7. The maximum absolute atomic E-state index is 3.61. The van der Waals surface area contributed by atoms with E-state index in [2.05, 4.69) is 73.8 Å². The van der Waals surface area contributed by atoms with Gasteiger partial charge in [0.05, 0.1) is 0 Å². The SMILES string of the molecule is C[Si](C)=[Zr+2].[Cl-].[Cl-].[c-]1c(C2=CC=CC2)ccc2c1Cc1ccccc1-2. The quantitative estimate of drug-likeness (QED) is 0.337. The predicted octanol–water partition coefficient (Wildman–Crippen LogP) is -0.806. The van der Waals surface area contributed by atoms with Crippen LogP contribution in [0.3, 0.4) is 0 Å². The summed E-state index contributed by atoms with van der Waals surface area (Å²) in [5.41, 5.74) is 8.37. The molecular weight excluding hydrogens is 430 g/mol. The fourth-order valence-corrected chi connectivity index (χ4v) is 2.89. The van der Waals surface area contributed by atoms with Gasteiger partial charge in [-0.3, -0.25) is 0 Å². The van der Waals surface area contributed by atoms with Gasteiger partial charge in [0.1, 0.15) is 0 Å². The predicted molar refractivity (Wildman–Crippen MR) is 92.7 cm³/mol. The van der Waals surface area contributed by atoms with E-state index in [1.165, 1.54) is 33.4 Å². The molecule has 122 valence electrons. The van der Waals surface area contributed by atoms with Gasteiger partial charge in [-0.25, -0.2) is 0 Å². The third-order valence-corrected chi connectivity index (χ3v) is 3.82. The van der Waals surface area contributed by atoms with Gasteiger partial charge in [-0.15, -0.1) is 41.0 Å². The van der Waals surface area contributed by atoms with Crippen LogP contribution in [-0.2, 0) is 29.8 Å². The molecule has 0 unspecified atom stereocenters. The zero-order valence-electron chi connectivity index (χ0n) is 13.9. The van der Waals surface area contributed by atoms with E-state index in [0.717, 1.165) is 12.8 Å². The average molecular weight is 450 g/mol. The zero-order valence-corrected chi connectivity index (χ0v) is 18.8. The van der Waals surface area contributed by atoms with Gasteiger partial charge >= 0.3 is 41.9 Å². The van der Waals surface area contributed by atoms with Crippen molar-refractivity contribution < 1.29 is 48.1 Å². The molecule has 2 aromatic carbocycles.